The molecule has 8 heteroatoms. The summed E-state index contributed by atoms with van der Waals surface area (Å²) in [6.07, 6.45) is 6.13. The summed E-state index contributed by atoms with van der Waals surface area (Å²) >= 11 is 0. The zero-order valence-corrected chi connectivity index (χ0v) is 23.9. The molecule has 0 aliphatic heterocycles. The average molecular weight is 550 g/mol. The Morgan fingerprint density at radius 3 is 2.40 bits per heavy atom. The molecule has 2 aromatic rings. The van der Waals surface area contributed by atoms with Crippen LogP contribution in [0, 0.1) is 0 Å². The highest BCUT2D eigenvalue weighted by molar-refractivity contribution is 5.92. The standard InChI is InChI=1S/C32H43N3O5/c1-5-23-15-12-16-25(21-23)28(29(37)33-26-17-10-7-11-18-26)35(19-20-36)30(38)27(22-24-13-8-6-9-14-24)34-31(39)40-32(2,3)4/h5-6,8-9,12-16,21,26-28,36H,1,7,10-11,17-20,22H2,2-4H3,(H,33,37)(H,34,39). The number of aliphatic hydroxyl groups is 1. The van der Waals surface area contributed by atoms with Gasteiger partial charge in [-0.05, 0) is 56.4 Å². The van der Waals surface area contributed by atoms with E-state index in [2.05, 4.69) is 17.2 Å². The van der Waals surface area contributed by atoms with Gasteiger partial charge in [-0.3, -0.25) is 9.59 Å². The third-order valence-electron chi connectivity index (χ3n) is 6.87. The van der Waals surface area contributed by atoms with Crippen LogP contribution in [0.1, 0.15) is 75.6 Å². The first-order valence-corrected chi connectivity index (χ1v) is 14.1. The maximum absolute atomic E-state index is 14.2. The van der Waals surface area contributed by atoms with Crippen LogP contribution in [0.2, 0.25) is 0 Å². The van der Waals surface area contributed by atoms with Crippen molar-refractivity contribution in [1.29, 1.82) is 0 Å². The molecule has 8 nitrogen and oxygen atoms in total. The molecule has 2 atom stereocenters. The van der Waals surface area contributed by atoms with Gasteiger partial charge in [0.1, 0.15) is 17.7 Å². The Morgan fingerprint density at radius 2 is 1.77 bits per heavy atom. The van der Waals surface area contributed by atoms with Gasteiger partial charge in [0.2, 0.25) is 11.8 Å². The monoisotopic (exact) mass is 549 g/mol. The lowest BCUT2D eigenvalue weighted by atomic mass is 9.94. The first-order valence-electron chi connectivity index (χ1n) is 14.1. The number of amides is 3. The van der Waals surface area contributed by atoms with Gasteiger partial charge in [0.25, 0.3) is 0 Å². The number of nitrogens with zero attached hydrogens (tertiary/aromatic N) is 1. The van der Waals surface area contributed by atoms with E-state index < -0.39 is 29.7 Å². The van der Waals surface area contributed by atoms with Gasteiger partial charge in [0.15, 0.2) is 0 Å². The molecule has 0 heterocycles. The molecule has 1 fully saturated rings. The molecule has 0 spiro atoms. The average Bonchev–Trinajstić information content (AvgIpc) is 2.92. The van der Waals surface area contributed by atoms with Gasteiger partial charge in [0.05, 0.1) is 6.61 Å². The lowest BCUT2D eigenvalue weighted by Crippen LogP contribution is -2.55. The zero-order chi connectivity index (χ0) is 29.1. The van der Waals surface area contributed by atoms with E-state index in [1.807, 2.05) is 48.5 Å². The molecule has 2 unspecified atom stereocenters. The number of carbonyl (C=O) groups is 3. The molecule has 0 saturated heterocycles. The second-order valence-electron chi connectivity index (χ2n) is 11.3. The van der Waals surface area contributed by atoms with Gasteiger partial charge in [0, 0.05) is 19.0 Å². The predicted octanol–water partition coefficient (Wildman–Crippen LogP) is 4.78. The van der Waals surface area contributed by atoms with E-state index in [9.17, 15) is 19.5 Å². The number of ether oxygens (including phenoxy) is 1. The van der Waals surface area contributed by atoms with Crippen LogP contribution < -0.4 is 10.6 Å². The van der Waals surface area contributed by atoms with Crippen molar-refractivity contribution in [2.24, 2.45) is 0 Å². The number of alkyl carbamates (subject to hydrolysis) is 1. The molecule has 3 N–H and O–H groups in total. The maximum atomic E-state index is 14.2. The Morgan fingerprint density at radius 1 is 1.07 bits per heavy atom. The highest BCUT2D eigenvalue weighted by atomic mass is 16.6. The van der Waals surface area contributed by atoms with E-state index in [4.69, 9.17) is 4.74 Å². The van der Waals surface area contributed by atoms with Crippen LogP contribution in [0.5, 0.6) is 0 Å². The van der Waals surface area contributed by atoms with Gasteiger partial charge >= 0.3 is 6.09 Å². The molecule has 0 bridgehead atoms. The molecule has 1 saturated carbocycles. The zero-order valence-electron chi connectivity index (χ0n) is 23.9. The summed E-state index contributed by atoms with van der Waals surface area (Å²) in [7, 11) is 0. The number of hydrogen-bond acceptors (Lipinski definition) is 5. The molecule has 0 aromatic heterocycles. The fourth-order valence-corrected chi connectivity index (χ4v) is 5.03. The van der Waals surface area contributed by atoms with E-state index in [1.54, 1.807) is 32.9 Å². The van der Waals surface area contributed by atoms with E-state index in [-0.39, 0.29) is 31.5 Å². The fraction of sp³-hybridized carbons (Fsp3) is 0.469. The summed E-state index contributed by atoms with van der Waals surface area (Å²) in [6.45, 7) is 8.63. The Balaban J connectivity index is 2.00. The Bertz CT molecular complexity index is 1140. The second-order valence-corrected chi connectivity index (χ2v) is 11.3. The minimum absolute atomic E-state index is 0.0254. The predicted molar refractivity (Wildman–Crippen MR) is 156 cm³/mol. The largest absolute Gasteiger partial charge is 0.444 e. The molecule has 3 amide bonds. The number of hydrogen-bond donors (Lipinski definition) is 3. The van der Waals surface area contributed by atoms with Crippen molar-refractivity contribution in [3.63, 3.8) is 0 Å². The van der Waals surface area contributed by atoms with Gasteiger partial charge in [-0.15, -0.1) is 0 Å². The van der Waals surface area contributed by atoms with E-state index in [1.165, 1.54) is 4.90 Å². The van der Waals surface area contributed by atoms with Crippen LogP contribution in [-0.4, -0.2) is 58.8 Å². The van der Waals surface area contributed by atoms with Crippen molar-refractivity contribution in [3.05, 3.63) is 77.9 Å². The van der Waals surface area contributed by atoms with Crippen molar-refractivity contribution in [3.8, 4) is 0 Å². The number of benzene rings is 2. The lowest BCUT2D eigenvalue weighted by molar-refractivity contribution is -0.143. The highest BCUT2D eigenvalue weighted by Gasteiger charge is 2.37. The van der Waals surface area contributed by atoms with Crippen LogP contribution >= 0.6 is 0 Å². The molecule has 216 valence electrons. The van der Waals surface area contributed by atoms with Crippen LogP contribution in [0.15, 0.2) is 61.2 Å². The third kappa shape index (κ3) is 9.23. The van der Waals surface area contributed by atoms with Crippen molar-refractivity contribution in [2.75, 3.05) is 13.2 Å². The van der Waals surface area contributed by atoms with Crippen LogP contribution in [0.25, 0.3) is 6.08 Å². The number of aliphatic hydroxyl groups excluding tert-OH is 1. The SMILES string of the molecule is C=Cc1cccc(C(C(=O)NC2CCCCC2)N(CCO)C(=O)C(Cc2ccccc2)NC(=O)OC(C)(C)C)c1. The van der Waals surface area contributed by atoms with Gasteiger partial charge in [-0.2, -0.15) is 0 Å². The smallest absolute Gasteiger partial charge is 0.408 e. The molecule has 40 heavy (non-hydrogen) atoms. The number of rotatable bonds is 11. The van der Waals surface area contributed by atoms with Gasteiger partial charge < -0.3 is 25.4 Å². The summed E-state index contributed by atoms with van der Waals surface area (Å²) in [4.78, 5) is 42.3. The first kappa shape index (κ1) is 30.9. The molecular weight excluding hydrogens is 506 g/mol. The van der Waals surface area contributed by atoms with Gasteiger partial charge in [-0.1, -0.05) is 80.4 Å². The summed E-state index contributed by atoms with van der Waals surface area (Å²) in [5, 5.41) is 15.9. The summed E-state index contributed by atoms with van der Waals surface area (Å²) in [5.41, 5.74) is 1.47. The summed E-state index contributed by atoms with van der Waals surface area (Å²) < 4.78 is 5.46. The highest BCUT2D eigenvalue weighted by Crippen LogP contribution is 2.26. The number of carbonyl (C=O) groups excluding carboxylic acids is 3. The summed E-state index contributed by atoms with van der Waals surface area (Å²) in [5.74, 6) is -0.804. The molecule has 3 rings (SSSR count). The Hall–Kier alpha value is -3.65. The third-order valence-corrected chi connectivity index (χ3v) is 6.87. The first-order chi connectivity index (χ1) is 19.1. The van der Waals surface area contributed by atoms with Crippen LogP contribution in [-0.2, 0) is 20.7 Å². The van der Waals surface area contributed by atoms with Crippen molar-refractivity contribution in [1.82, 2.24) is 15.5 Å². The topological polar surface area (TPSA) is 108 Å². The normalized spacial score (nSPS) is 15.4. The Kier molecular flexibility index (Phi) is 11.3. The van der Waals surface area contributed by atoms with Crippen LogP contribution in [0.3, 0.4) is 0 Å². The van der Waals surface area contributed by atoms with E-state index >= 15 is 0 Å². The maximum Gasteiger partial charge on any atom is 0.408 e. The minimum Gasteiger partial charge on any atom is -0.444 e. The quantitative estimate of drug-likeness (QED) is 0.374. The van der Waals surface area contributed by atoms with Crippen molar-refractivity contribution in [2.45, 2.75) is 83.0 Å². The van der Waals surface area contributed by atoms with E-state index in [0.717, 1.165) is 43.2 Å². The molecule has 0 radical (unpaired) electrons. The molecule has 1 aliphatic carbocycles. The van der Waals surface area contributed by atoms with Crippen molar-refractivity contribution >= 4 is 24.0 Å². The molecule has 2 aromatic carbocycles. The van der Waals surface area contributed by atoms with E-state index in [0.29, 0.717) is 5.56 Å². The second kappa shape index (κ2) is 14.7. The minimum atomic E-state index is -1.03. The van der Waals surface area contributed by atoms with Crippen LogP contribution in [0.4, 0.5) is 4.79 Å². The summed E-state index contributed by atoms with van der Waals surface area (Å²) in [6, 6.07) is 14.6. The van der Waals surface area contributed by atoms with Crippen molar-refractivity contribution < 1.29 is 24.2 Å². The van der Waals surface area contributed by atoms with Gasteiger partial charge in [-0.25, -0.2) is 4.79 Å². The molecule has 1 aliphatic rings. The lowest BCUT2D eigenvalue weighted by Gasteiger charge is -2.35. The fourth-order valence-electron chi connectivity index (χ4n) is 5.03. The number of nitrogens with one attached hydrogen (secondary N) is 2. The Labute approximate surface area is 237 Å². The molecular formula is C32H43N3O5.